The quantitative estimate of drug-likeness (QED) is 0.0930. The first-order chi connectivity index (χ1) is 20.8. The Morgan fingerprint density at radius 3 is 1.98 bits per heavy atom. The number of nitrogen functional groups attached to an aromatic ring is 1. The number of esters is 2. The SMILES string of the molecule is CCCCCCCCCCCCCCCCCC(=O)OCC(CCn1cnc2cnc(N)nc21)COC(=O)[C@@H](N)C(C)C. The summed E-state index contributed by atoms with van der Waals surface area (Å²) in [5.41, 5.74) is 13.0. The van der Waals surface area contributed by atoms with Crippen LogP contribution in [0.2, 0.25) is 0 Å². The van der Waals surface area contributed by atoms with Gasteiger partial charge in [0.2, 0.25) is 5.95 Å². The van der Waals surface area contributed by atoms with Crippen molar-refractivity contribution in [2.45, 2.75) is 143 Å². The molecule has 2 aromatic heterocycles. The number of rotatable bonds is 25. The van der Waals surface area contributed by atoms with Crippen LogP contribution < -0.4 is 11.5 Å². The first-order valence-corrected chi connectivity index (χ1v) is 16.8. The third-order valence-corrected chi connectivity index (χ3v) is 8.07. The van der Waals surface area contributed by atoms with Gasteiger partial charge in [-0.25, -0.2) is 9.97 Å². The molecule has 10 heteroatoms. The van der Waals surface area contributed by atoms with Gasteiger partial charge in [0.15, 0.2) is 5.65 Å². The van der Waals surface area contributed by atoms with Crippen molar-refractivity contribution in [2.24, 2.45) is 17.6 Å². The molecule has 0 aliphatic rings. The zero-order chi connectivity index (χ0) is 31.3. The number of nitrogens with zero attached hydrogens (tertiary/aromatic N) is 4. The van der Waals surface area contributed by atoms with Gasteiger partial charge in [0.05, 0.1) is 25.7 Å². The van der Waals surface area contributed by atoms with E-state index in [0.29, 0.717) is 30.6 Å². The molecule has 2 atom stereocenters. The van der Waals surface area contributed by atoms with Gasteiger partial charge < -0.3 is 25.5 Å². The van der Waals surface area contributed by atoms with Crippen LogP contribution >= 0.6 is 0 Å². The average Bonchev–Trinajstić information content (AvgIpc) is 3.39. The van der Waals surface area contributed by atoms with Gasteiger partial charge in [-0.3, -0.25) is 9.59 Å². The lowest BCUT2D eigenvalue weighted by molar-refractivity contribution is -0.150. The van der Waals surface area contributed by atoms with E-state index >= 15 is 0 Å². The summed E-state index contributed by atoms with van der Waals surface area (Å²) in [4.78, 5) is 37.4. The fourth-order valence-corrected chi connectivity index (χ4v) is 5.06. The zero-order valence-electron chi connectivity index (χ0n) is 27.1. The largest absolute Gasteiger partial charge is 0.465 e. The van der Waals surface area contributed by atoms with Crippen LogP contribution in [-0.4, -0.2) is 50.7 Å². The highest BCUT2D eigenvalue weighted by molar-refractivity contribution is 5.75. The molecule has 10 nitrogen and oxygen atoms in total. The molecule has 0 spiro atoms. The predicted octanol–water partition coefficient (Wildman–Crippen LogP) is 6.75. The highest BCUT2D eigenvalue weighted by Gasteiger charge is 2.22. The summed E-state index contributed by atoms with van der Waals surface area (Å²) < 4.78 is 13.0. The van der Waals surface area contributed by atoms with E-state index < -0.39 is 12.0 Å². The summed E-state index contributed by atoms with van der Waals surface area (Å²) in [5.74, 6) is -0.697. The molecule has 2 rings (SSSR count). The second kappa shape index (κ2) is 21.9. The molecule has 0 saturated heterocycles. The van der Waals surface area contributed by atoms with Crippen molar-refractivity contribution >= 4 is 29.1 Å². The van der Waals surface area contributed by atoms with Crippen LogP contribution in [-0.2, 0) is 25.6 Å². The van der Waals surface area contributed by atoms with E-state index in [1.165, 1.54) is 77.0 Å². The minimum atomic E-state index is -0.689. The molecule has 2 heterocycles. The van der Waals surface area contributed by atoms with E-state index in [4.69, 9.17) is 20.9 Å². The number of hydrogen-bond donors (Lipinski definition) is 2. The van der Waals surface area contributed by atoms with Gasteiger partial charge in [0.25, 0.3) is 0 Å². The molecule has 0 saturated carbocycles. The molecule has 43 heavy (non-hydrogen) atoms. The Kier molecular flexibility index (Phi) is 18.5. The number of aryl methyl sites for hydroxylation is 1. The minimum absolute atomic E-state index is 0.0267. The van der Waals surface area contributed by atoms with Gasteiger partial charge in [-0.15, -0.1) is 0 Å². The predicted molar refractivity (Wildman–Crippen MR) is 172 cm³/mol. The van der Waals surface area contributed by atoms with Gasteiger partial charge in [-0.2, -0.15) is 4.98 Å². The van der Waals surface area contributed by atoms with Crippen LogP contribution in [0.3, 0.4) is 0 Å². The molecule has 0 radical (unpaired) electrons. The van der Waals surface area contributed by atoms with Gasteiger partial charge in [0.1, 0.15) is 11.6 Å². The maximum atomic E-state index is 12.5. The van der Waals surface area contributed by atoms with Crippen LogP contribution in [0.1, 0.15) is 130 Å². The first kappa shape index (κ1) is 36.4. The van der Waals surface area contributed by atoms with Crippen molar-refractivity contribution in [3.05, 3.63) is 12.5 Å². The lowest BCUT2D eigenvalue weighted by atomic mass is 10.0. The van der Waals surface area contributed by atoms with Crippen molar-refractivity contribution in [2.75, 3.05) is 18.9 Å². The number of hydrogen-bond acceptors (Lipinski definition) is 9. The van der Waals surface area contributed by atoms with Crippen molar-refractivity contribution in [1.82, 2.24) is 19.5 Å². The Bertz CT molecular complexity index is 1040. The third kappa shape index (κ3) is 15.5. The number of ether oxygens (including phenoxy) is 2. The number of carbonyl (C=O) groups is 2. The Balaban J connectivity index is 1.63. The molecule has 1 unspecified atom stereocenters. The zero-order valence-corrected chi connectivity index (χ0v) is 27.1. The Labute approximate surface area is 259 Å². The number of aromatic nitrogens is 4. The van der Waals surface area contributed by atoms with E-state index in [1.807, 2.05) is 18.4 Å². The number of fused-ring (bicyclic) bond motifs is 1. The molecule has 244 valence electrons. The highest BCUT2D eigenvalue weighted by Crippen LogP contribution is 2.16. The summed E-state index contributed by atoms with van der Waals surface area (Å²) in [6.45, 7) is 6.85. The molecule has 0 bridgehead atoms. The smallest absolute Gasteiger partial charge is 0.323 e. The van der Waals surface area contributed by atoms with E-state index in [-0.39, 0.29) is 37.0 Å². The maximum absolute atomic E-state index is 12.5. The summed E-state index contributed by atoms with van der Waals surface area (Å²) in [5, 5.41) is 0. The van der Waals surface area contributed by atoms with E-state index in [9.17, 15) is 9.59 Å². The van der Waals surface area contributed by atoms with E-state index in [0.717, 1.165) is 19.3 Å². The summed E-state index contributed by atoms with van der Waals surface area (Å²) >= 11 is 0. The number of unbranched alkanes of at least 4 members (excludes halogenated alkanes) is 14. The van der Waals surface area contributed by atoms with Crippen LogP contribution in [0.4, 0.5) is 5.95 Å². The van der Waals surface area contributed by atoms with Crippen LogP contribution in [0, 0.1) is 11.8 Å². The molecule has 0 aliphatic heterocycles. The molecule has 4 N–H and O–H groups in total. The monoisotopic (exact) mass is 602 g/mol. The van der Waals surface area contributed by atoms with Crippen LogP contribution in [0.5, 0.6) is 0 Å². The lowest BCUT2D eigenvalue weighted by Gasteiger charge is -2.20. The molecular weight excluding hydrogens is 544 g/mol. The average molecular weight is 603 g/mol. The van der Waals surface area contributed by atoms with Crippen molar-refractivity contribution in [1.29, 1.82) is 0 Å². The number of imidazole rings is 1. The Morgan fingerprint density at radius 2 is 1.40 bits per heavy atom. The fraction of sp³-hybridized carbons (Fsp3) is 0.788. The third-order valence-electron chi connectivity index (χ3n) is 8.07. The summed E-state index contributed by atoms with van der Waals surface area (Å²) in [6.07, 6.45) is 23.5. The number of carbonyl (C=O) groups excluding carboxylic acids is 2. The standard InChI is InChI=1S/C33H58N6O4/c1-4-5-6-7-8-9-10-11-12-13-14-15-16-17-18-19-29(40)42-23-27(24-43-32(41)30(34)26(2)3)20-21-39-25-37-28-22-36-33(35)38-31(28)39/h22,25-27,30H,4-21,23-24,34H2,1-3H3,(H2,35,36,38)/t27?,30-/m0/s1. The Morgan fingerprint density at radius 1 is 0.837 bits per heavy atom. The van der Waals surface area contributed by atoms with Crippen molar-refractivity contribution in [3.8, 4) is 0 Å². The van der Waals surface area contributed by atoms with Crippen LogP contribution in [0.25, 0.3) is 11.2 Å². The lowest BCUT2D eigenvalue weighted by Crippen LogP contribution is -2.38. The fourth-order valence-electron chi connectivity index (χ4n) is 5.06. The molecule has 0 amide bonds. The first-order valence-electron chi connectivity index (χ1n) is 16.8. The molecule has 0 aromatic carbocycles. The highest BCUT2D eigenvalue weighted by atomic mass is 16.5. The number of nitrogens with two attached hydrogens (primary N) is 2. The van der Waals surface area contributed by atoms with Crippen molar-refractivity contribution < 1.29 is 19.1 Å². The summed E-state index contributed by atoms with van der Waals surface area (Å²) in [7, 11) is 0. The molecule has 0 aliphatic carbocycles. The number of anilines is 1. The minimum Gasteiger partial charge on any atom is -0.465 e. The molecule has 2 aromatic rings. The van der Waals surface area contributed by atoms with E-state index in [2.05, 4.69) is 21.9 Å². The second-order valence-corrected chi connectivity index (χ2v) is 12.3. The van der Waals surface area contributed by atoms with Crippen molar-refractivity contribution in [3.63, 3.8) is 0 Å². The van der Waals surface area contributed by atoms with Gasteiger partial charge in [0, 0.05) is 18.9 Å². The second-order valence-electron chi connectivity index (χ2n) is 12.3. The van der Waals surface area contributed by atoms with Gasteiger partial charge in [-0.1, -0.05) is 111 Å². The van der Waals surface area contributed by atoms with Crippen LogP contribution in [0.15, 0.2) is 12.5 Å². The van der Waals surface area contributed by atoms with Gasteiger partial charge in [-0.05, 0) is 18.8 Å². The Hall–Kier alpha value is -2.75. The van der Waals surface area contributed by atoms with E-state index in [1.54, 1.807) is 12.5 Å². The maximum Gasteiger partial charge on any atom is 0.323 e. The topological polar surface area (TPSA) is 148 Å². The molecular formula is C33H58N6O4. The normalized spacial score (nSPS) is 13.0. The molecule has 0 fully saturated rings. The van der Waals surface area contributed by atoms with Gasteiger partial charge >= 0.3 is 11.9 Å². The summed E-state index contributed by atoms with van der Waals surface area (Å²) in [6, 6.07) is -0.689.